The molecule has 4 N–H and O–H groups in total. The fourth-order valence-corrected chi connectivity index (χ4v) is 0.782. The Morgan fingerprint density at radius 2 is 0.955 bits per heavy atom. The third-order valence-corrected chi connectivity index (χ3v) is 1.92. The molecule has 10 nitrogen and oxygen atoms in total. The number of carboxylic acid groups (broad SMARTS) is 4. The molecule has 0 bridgehead atoms. The molecule has 0 aromatic rings. The molecule has 2 atom stereocenters. The van der Waals surface area contributed by atoms with Crippen LogP contribution in [0.25, 0.3) is 0 Å². The van der Waals surface area contributed by atoms with Gasteiger partial charge in [0.1, 0.15) is 0 Å². The number of carbonyl (C=O) groups is 4. The van der Waals surface area contributed by atoms with E-state index in [9.17, 15) is 39.6 Å². The summed E-state index contributed by atoms with van der Waals surface area (Å²) in [5, 5.41) is 39.2. The quantitative estimate of drug-likeness (QED) is 0.392. The van der Waals surface area contributed by atoms with Crippen LogP contribution in [-0.4, -0.2) is 96.8 Å². The van der Waals surface area contributed by atoms with E-state index >= 15 is 0 Å². The van der Waals surface area contributed by atoms with Gasteiger partial charge in [0.2, 0.25) is 0 Å². The van der Waals surface area contributed by atoms with Crippen LogP contribution in [-0.2, 0) is 19.2 Å². The summed E-state index contributed by atoms with van der Waals surface area (Å²) in [6.07, 6.45) is -1.00. The fraction of sp³-hybridized carbons (Fsp3) is 0.600. The SMILES string of the molecule is N[C@@H](CCC(=O)[O-])C(=O)[O-].N[C@H](CCC(=O)[O-])C(=O)[O-].[Ca+2].[Mg+2]. The Kier molecular flexibility index (Phi) is 23.3. The first-order chi connectivity index (χ1) is 9.07. The molecule has 0 radical (unpaired) electrons. The van der Waals surface area contributed by atoms with Gasteiger partial charge in [-0.1, -0.05) is 0 Å². The summed E-state index contributed by atoms with van der Waals surface area (Å²) in [6.45, 7) is 0. The average Bonchev–Trinajstić information content (AvgIpc) is 2.33. The van der Waals surface area contributed by atoms with Crippen molar-refractivity contribution in [2.75, 3.05) is 0 Å². The van der Waals surface area contributed by atoms with Crippen LogP contribution in [0.4, 0.5) is 0 Å². The summed E-state index contributed by atoms with van der Waals surface area (Å²) < 4.78 is 0. The molecule has 0 saturated heterocycles. The van der Waals surface area contributed by atoms with E-state index in [-0.39, 0.29) is 86.5 Å². The fourth-order valence-electron chi connectivity index (χ4n) is 0.782. The number of aliphatic carboxylic acids is 4. The zero-order chi connectivity index (χ0) is 16.3. The summed E-state index contributed by atoms with van der Waals surface area (Å²) in [5.74, 6) is -5.50. The smallest absolute Gasteiger partial charge is 0.550 e. The van der Waals surface area contributed by atoms with E-state index in [0.717, 1.165) is 0 Å². The summed E-state index contributed by atoms with van der Waals surface area (Å²) in [4.78, 5) is 39.2. The van der Waals surface area contributed by atoms with Crippen molar-refractivity contribution in [3.8, 4) is 0 Å². The molecule has 0 aliphatic rings. The van der Waals surface area contributed by atoms with Crippen molar-refractivity contribution in [2.45, 2.75) is 37.8 Å². The van der Waals surface area contributed by atoms with Crippen LogP contribution in [0.2, 0.25) is 0 Å². The predicted molar refractivity (Wildman–Crippen MR) is 66.0 cm³/mol. The first-order valence-corrected chi connectivity index (χ1v) is 5.40. The first-order valence-electron chi connectivity index (χ1n) is 5.40. The second-order valence-electron chi connectivity index (χ2n) is 3.67. The van der Waals surface area contributed by atoms with Gasteiger partial charge in [-0.2, -0.15) is 0 Å². The van der Waals surface area contributed by atoms with Crippen LogP contribution in [0.1, 0.15) is 25.7 Å². The zero-order valence-electron chi connectivity index (χ0n) is 11.8. The van der Waals surface area contributed by atoms with Crippen molar-refractivity contribution in [1.29, 1.82) is 0 Å². The van der Waals surface area contributed by atoms with Gasteiger partial charge < -0.3 is 51.1 Å². The van der Waals surface area contributed by atoms with Crippen LogP contribution in [0.3, 0.4) is 0 Å². The number of hydrogen-bond acceptors (Lipinski definition) is 10. The number of rotatable bonds is 8. The molecule has 0 fully saturated rings. The Bertz CT molecular complexity index is 335. The molecule has 0 saturated carbocycles. The maximum atomic E-state index is 9.86. The molecular weight excluding hydrogens is 340 g/mol. The van der Waals surface area contributed by atoms with Crippen LogP contribution in [0, 0.1) is 0 Å². The molecule has 12 heteroatoms. The minimum Gasteiger partial charge on any atom is -0.550 e. The Balaban J connectivity index is -0.000000135. The molecular formula is C10H14CaMgN2O8. The monoisotopic (exact) mass is 354 g/mol. The summed E-state index contributed by atoms with van der Waals surface area (Å²) in [5.41, 5.74) is 9.82. The number of nitrogens with two attached hydrogens (primary N) is 2. The molecule has 0 aliphatic heterocycles. The van der Waals surface area contributed by atoms with Gasteiger partial charge in [-0.15, -0.1) is 0 Å². The van der Waals surface area contributed by atoms with E-state index in [0.29, 0.717) is 0 Å². The average molecular weight is 355 g/mol. The van der Waals surface area contributed by atoms with Gasteiger partial charge in [0, 0.05) is 24.0 Å². The summed E-state index contributed by atoms with van der Waals surface area (Å²) >= 11 is 0. The van der Waals surface area contributed by atoms with E-state index in [4.69, 9.17) is 11.5 Å². The van der Waals surface area contributed by atoms with Crippen molar-refractivity contribution < 1.29 is 39.6 Å². The first kappa shape index (κ1) is 29.8. The Morgan fingerprint density at radius 3 is 1.09 bits per heavy atom. The van der Waals surface area contributed by atoms with Crippen molar-refractivity contribution in [3.63, 3.8) is 0 Å². The molecule has 0 unspecified atom stereocenters. The molecule has 0 aromatic heterocycles. The van der Waals surface area contributed by atoms with E-state index in [1.807, 2.05) is 0 Å². The normalized spacial score (nSPS) is 11.4. The standard InChI is InChI=1S/2C5H9NO4.Ca.Mg/c2*6-3(5(9)10)1-2-4(7)8;;/h2*3H,1-2,6H2,(H,7,8)(H,9,10);;/q;;2*+2/p-4/t2*3-;;/m10../s1. The van der Waals surface area contributed by atoms with E-state index < -0.39 is 36.0 Å². The van der Waals surface area contributed by atoms with Crippen molar-refractivity contribution in [2.24, 2.45) is 11.5 Å². The molecule has 0 spiro atoms. The van der Waals surface area contributed by atoms with Gasteiger partial charge in [0.05, 0.1) is 11.9 Å². The topological polar surface area (TPSA) is 213 Å². The van der Waals surface area contributed by atoms with E-state index in [1.165, 1.54) is 0 Å². The van der Waals surface area contributed by atoms with Crippen LogP contribution >= 0.6 is 0 Å². The minimum absolute atomic E-state index is 0. The molecule has 0 heterocycles. The zero-order valence-corrected chi connectivity index (χ0v) is 15.4. The Hall–Kier alpha value is -0.174. The van der Waals surface area contributed by atoms with Gasteiger partial charge in [-0.3, -0.25) is 0 Å². The maximum absolute atomic E-state index is 9.86. The van der Waals surface area contributed by atoms with Gasteiger partial charge in [0.15, 0.2) is 0 Å². The van der Waals surface area contributed by atoms with Gasteiger partial charge in [-0.05, 0) is 25.7 Å². The number of carbonyl (C=O) groups excluding carboxylic acids is 4. The Morgan fingerprint density at radius 1 is 0.727 bits per heavy atom. The predicted octanol–water partition coefficient (Wildman–Crippen LogP) is -7.57. The van der Waals surface area contributed by atoms with E-state index in [2.05, 4.69) is 0 Å². The minimum atomic E-state index is -1.44. The third kappa shape index (κ3) is 22.1. The maximum Gasteiger partial charge on any atom is 2.00 e. The molecule has 116 valence electrons. The largest absolute Gasteiger partial charge is 2.00 e. The van der Waals surface area contributed by atoms with Crippen molar-refractivity contribution >= 4 is 84.7 Å². The second kappa shape index (κ2) is 17.2. The van der Waals surface area contributed by atoms with Crippen molar-refractivity contribution in [3.05, 3.63) is 0 Å². The number of hydrogen-bond donors (Lipinski definition) is 2. The second-order valence-corrected chi connectivity index (χ2v) is 3.67. The van der Waals surface area contributed by atoms with Gasteiger partial charge >= 0.3 is 60.8 Å². The Labute approximate surface area is 172 Å². The molecule has 0 aliphatic carbocycles. The van der Waals surface area contributed by atoms with E-state index in [1.54, 1.807) is 0 Å². The van der Waals surface area contributed by atoms with Crippen LogP contribution in [0.5, 0.6) is 0 Å². The molecule has 22 heavy (non-hydrogen) atoms. The van der Waals surface area contributed by atoms with Gasteiger partial charge in [0.25, 0.3) is 0 Å². The van der Waals surface area contributed by atoms with Crippen LogP contribution in [0.15, 0.2) is 0 Å². The molecule has 0 amide bonds. The molecule has 0 aromatic carbocycles. The number of carboxylic acids is 4. The molecule has 0 rings (SSSR count). The summed E-state index contributed by atoms with van der Waals surface area (Å²) in [6, 6.07) is -2.42. The third-order valence-electron chi connectivity index (χ3n) is 1.92. The van der Waals surface area contributed by atoms with Crippen molar-refractivity contribution in [1.82, 2.24) is 0 Å². The summed E-state index contributed by atoms with van der Waals surface area (Å²) in [7, 11) is 0. The van der Waals surface area contributed by atoms with Crippen LogP contribution < -0.4 is 31.9 Å². The van der Waals surface area contributed by atoms with Gasteiger partial charge in [-0.25, -0.2) is 0 Å².